The van der Waals surface area contributed by atoms with Gasteiger partial charge in [-0.15, -0.1) is 0 Å². The van der Waals surface area contributed by atoms with E-state index in [0.29, 0.717) is 35.8 Å². The Labute approximate surface area is 162 Å². The number of anilines is 1. The first-order chi connectivity index (χ1) is 13.7. The number of aliphatic hydroxyl groups excluding tert-OH is 2. The van der Waals surface area contributed by atoms with Crippen LogP contribution in [0.3, 0.4) is 0 Å². The van der Waals surface area contributed by atoms with Crippen LogP contribution in [0.1, 0.15) is 24.5 Å². The molecule has 1 aliphatic rings. The molecule has 3 N–H and O–H groups in total. The van der Waals surface area contributed by atoms with Gasteiger partial charge in [0.2, 0.25) is 6.79 Å². The smallest absolute Gasteiger partial charge is 0.412 e. The number of ether oxygens (including phenoxy) is 4. The number of hydrogen-bond donors (Lipinski definition) is 3. The molecule has 2 aromatic carbocycles. The summed E-state index contributed by atoms with van der Waals surface area (Å²) in [6.07, 6.45) is -0.164. The van der Waals surface area contributed by atoms with Gasteiger partial charge in [-0.1, -0.05) is 12.1 Å². The Morgan fingerprint density at radius 3 is 2.61 bits per heavy atom. The topological polar surface area (TPSA) is 106 Å². The maximum atomic E-state index is 12.3. The number of fused-ring (bicyclic) bond motifs is 1. The van der Waals surface area contributed by atoms with Crippen LogP contribution < -0.4 is 19.5 Å². The summed E-state index contributed by atoms with van der Waals surface area (Å²) in [5.41, 5.74) is 1.31. The second-order valence-electron chi connectivity index (χ2n) is 6.09. The quantitative estimate of drug-likeness (QED) is 0.605. The molecule has 2 aromatic rings. The second-order valence-corrected chi connectivity index (χ2v) is 6.09. The molecular formula is C20H23NO7. The van der Waals surface area contributed by atoms with Gasteiger partial charge in [-0.25, -0.2) is 4.79 Å². The van der Waals surface area contributed by atoms with Gasteiger partial charge in [0.15, 0.2) is 11.5 Å². The summed E-state index contributed by atoms with van der Waals surface area (Å²) in [7, 11) is 0. The lowest BCUT2D eigenvalue weighted by Crippen LogP contribution is -2.18. The molecule has 0 saturated carbocycles. The Morgan fingerprint density at radius 1 is 1.07 bits per heavy atom. The Bertz CT molecular complexity index is 779. The summed E-state index contributed by atoms with van der Waals surface area (Å²) in [6, 6.07) is 12.2. The van der Waals surface area contributed by atoms with Crippen LogP contribution >= 0.6 is 0 Å². The van der Waals surface area contributed by atoms with Crippen LogP contribution in [0.4, 0.5) is 10.5 Å². The summed E-state index contributed by atoms with van der Waals surface area (Å²) >= 11 is 0. The van der Waals surface area contributed by atoms with Gasteiger partial charge >= 0.3 is 6.09 Å². The molecule has 1 aliphatic heterocycles. The summed E-state index contributed by atoms with van der Waals surface area (Å²) in [5, 5.41) is 20.6. The van der Waals surface area contributed by atoms with E-state index in [2.05, 4.69) is 5.32 Å². The number of carbonyl (C=O) groups is 1. The predicted molar refractivity (Wildman–Crippen MR) is 101 cm³/mol. The van der Waals surface area contributed by atoms with Crippen molar-refractivity contribution in [2.45, 2.75) is 18.9 Å². The van der Waals surface area contributed by atoms with Crippen LogP contribution in [-0.4, -0.2) is 42.9 Å². The molecule has 0 saturated heterocycles. The number of benzene rings is 2. The maximum Gasteiger partial charge on any atom is 0.412 e. The fraction of sp³-hybridized carbons (Fsp3) is 0.350. The molecule has 3 rings (SSSR count). The third-order valence-electron chi connectivity index (χ3n) is 4.10. The van der Waals surface area contributed by atoms with Gasteiger partial charge in [0.05, 0.1) is 6.61 Å². The highest BCUT2D eigenvalue weighted by molar-refractivity contribution is 5.85. The maximum absolute atomic E-state index is 12.3. The van der Waals surface area contributed by atoms with Crippen molar-refractivity contribution in [2.75, 3.05) is 31.9 Å². The molecule has 0 bridgehead atoms. The van der Waals surface area contributed by atoms with Crippen LogP contribution in [0.25, 0.3) is 0 Å². The van der Waals surface area contributed by atoms with E-state index >= 15 is 0 Å². The predicted octanol–water partition coefficient (Wildman–Crippen LogP) is 2.85. The Balaban J connectivity index is 1.63. The van der Waals surface area contributed by atoms with Gasteiger partial charge < -0.3 is 29.2 Å². The van der Waals surface area contributed by atoms with Crippen LogP contribution in [0.5, 0.6) is 17.2 Å². The van der Waals surface area contributed by atoms with Gasteiger partial charge in [-0.2, -0.15) is 0 Å². The minimum Gasteiger partial charge on any atom is -0.491 e. The van der Waals surface area contributed by atoms with Gasteiger partial charge in [-0.05, 0) is 42.7 Å². The van der Waals surface area contributed by atoms with E-state index in [0.717, 1.165) is 5.56 Å². The molecule has 1 heterocycles. The molecule has 0 spiro atoms. The largest absolute Gasteiger partial charge is 0.491 e. The fourth-order valence-corrected chi connectivity index (χ4v) is 2.76. The number of rotatable bonds is 9. The molecule has 1 amide bonds. The molecule has 8 heteroatoms. The number of carbonyl (C=O) groups excluding carboxylic acids is 1. The molecule has 1 atom stereocenters. The van der Waals surface area contributed by atoms with E-state index < -0.39 is 12.2 Å². The van der Waals surface area contributed by atoms with Crippen molar-refractivity contribution < 1.29 is 34.0 Å². The zero-order valence-electron chi connectivity index (χ0n) is 15.3. The SMILES string of the molecule is O=C(Nc1ccc2c(c1)OCO2)O[C@@H](CCCO)c1ccc(OCCO)cc1. The Hall–Kier alpha value is -2.97. The van der Waals surface area contributed by atoms with Crippen LogP contribution in [0, 0.1) is 0 Å². The van der Waals surface area contributed by atoms with Crippen molar-refractivity contribution in [3.63, 3.8) is 0 Å². The summed E-state index contributed by atoms with van der Waals surface area (Å²) in [5.74, 6) is 1.81. The van der Waals surface area contributed by atoms with E-state index in [1.807, 2.05) is 0 Å². The molecule has 150 valence electrons. The zero-order valence-corrected chi connectivity index (χ0v) is 15.3. The first-order valence-electron chi connectivity index (χ1n) is 9.01. The molecule has 0 aliphatic carbocycles. The Kier molecular flexibility index (Phi) is 6.94. The van der Waals surface area contributed by atoms with Gasteiger partial charge in [0.1, 0.15) is 18.5 Å². The second kappa shape index (κ2) is 9.82. The van der Waals surface area contributed by atoms with Crippen molar-refractivity contribution in [1.82, 2.24) is 0 Å². The van der Waals surface area contributed by atoms with Crippen molar-refractivity contribution >= 4 is 11.8 Å². The molecular weight excluding hydrogens is 366 g/mol. The standard InChI is InChI=1S/C20H23NO7/c22-9-1-2-17(14-3-6-16(7-4-14)25-11-10-23)28-20(24)21-15-5-8-18-19(12-15)27-13-26-18/h3-8,12,17,22-23H,1-2,9-11,13H2,(H,21,24)/t17-/m0/s1. The monoisotopic (exact) mass is 389 g/mol. The zero-order chi connectivity index (χ0) is 19.8. The van der Waals surface area contributed by atoms with Gasteiger partial charge in [0.25, 0.3) is 0 Å². The lowest BCUT2D eigenvalue weighted by molar-refractivity contribution is 0.0994. The average Bonchev–Trinajstić information content (AvgIpc) is 3.18. The normalized spacial score (nSPS) is 13.1. The number of amides is 1. The summed E-state index contributed by atoms with van der Waals surface area (Å²) in [6.45, 7) is 0.303. The Morgan fingerprint density at radius 2 is 1.86 bits per heavy atom. The number of nitrogens with one attached hydrogen (secondary N) is 1. The minimum atomic E-state index is -0.609. The van der Waals surface area contributed by atoms with E-state index in [9.17, 15) is 4.79 Å². The summed E-state index contributed by atoms with van der Waals surface area (Å²) in [4.78, 5) is 12.3. The third-order valence-corrected chi connectivity index (χ3v) is 4.10. The highest BCUT2D eigenvalue weighted by Crippen LogP contribution is 2.34. The van der Waals surface area contributed by atoms with Crippen molar-refractivity contribution in [3.8, 4) is 17.2 Å². The average molecular weight is 389 g/mol. The lowest BCUT2D eigenvalue weighted by Gasteiger charge is -2.19. The fourth-order valence-electron chi connectivity index (χ4n) is 2.76. The first-order valence-corrected chi connectivity index (χ1v) is 9.01. The summed E-state index contributed by atoms with van der Waals surface area (Å²) < 4.78 is 21.4. The van der Waals surface area contributed by atoms with E-state index in [1.165, 1.54) is 0 Å². The molecule has 28 heavy (non-hydrogen) atoms. The minimum absolute atomic E-state index is 0.00132. The molecule has 0 radical (unpaired) electrons. The number of hydrogen-bond acceptors (Lipinski definition) is 7. The van der Waals surface area contributed by atoms with Crippen LogP contribution in [-0.2, 0) is 4.74 Å². The third kappa shape index (κ3) is 5.28. The highest BCUT2D eigenvalue weighted by Gasteiger charge is 2.19. The first kappa shape index (κ1) is 19.8. The molecule has 8 nitrogen and oxygen atoms in total. The van der Waals surface area contributed by atoms with Crippen LogP contribution in [0.15, 0.2) is 42.5 Å². The molecule has 0 fully saturated rings. The van der Waals surface area contributed by atoms with Crippen LogP contribution in [0.2, 0.25) is 0 Å². The van der Waals surface area contributed by atoms with E-state index in [4.69, 9.17) is 29.2 Å². The van der Waals surface area contributed by atoms with Gasteiger partial charge in [0, 0.05) is 18.4 Å². The van der Waals surface area contributed by atoms with Crippen molar-refractivity contribution in [2.24, 2.45) is 0 Å². The number of aliphatic hydroxyl groups is 2. The van der Waals surface area contributed by atoms with Crippen molar-refractivity contribution in [1.29, 1.82) is 0 Å². The molecule has 0 unspecified atom stereocenters. The van der Waals surface area contributed by atoms with E-state index in [-0.39, 0.29) is 26.6 Å². The van der Waals surface area contributed by atoms with Crippen molar-refractivity contribution in [3.05, 3.63) is 48.0 Å². The van der Waals surface area contributed by atoms with Gasteiger partial charge in [-0.3, -0.25) is 5.32 Å². The lowest BCUT2D eigenvalue weighted by atomic mass is 10.0. The molecule has 0 aromatic heterocycles. The highest BCUT2D eigenvalue weighted by atomic mass is 16.7. The van der Waals surface area contributed by atoms with E-state index in [1.54, 1.807) is 42.5 Å².